The molecule has 1 aliphatic heterocycles. The van der Waals surface area contributed by atoms with Crippen molar-refractivity contribution in [2.75, 3.05) is 11.9 Å². The van der Waals surface area contributed by atoms with E-state index < -0.39 is 0 Å². The molecule has 0 radical (unpaired) electrons. The van der Waals surface area contributed by atoms with Crippen LogP contribution in [0.2, 0.25) is 0 Å². The van der Waals surface area contributed by atoms with Gasteiger partial charge in [0.05, 0.1) is 9.38 Å². The molecule has 31 heavy (non-hydrogen) atoms. The second-order valence-corrected chi connectivity index (χ2v) is 10.3. The lowest BCUT2D eigenvalue weighted by molar-refractivity contribution is -0.122. The Morgan fingerprint density at radius 3 is 2.65 bits per heavy atom. The number of aromatic hydroxyl groups is 1. The van der Waals surface area contributed by atoms with Gasteiger partial charge >= 0.3 is 0 Å². The Morgan fingerprint density at radius 2 is 1.90 bits per heavy atom. The van der Waals surface area contributed by atoms with Crippen molar-refractivity contribution < 1.29 is 14.7 Å². The molecule has 1 saturated heterocycles. The number of carbonyl (C=O) groups is 2. The number of phenolic OH excluding ortho intramolecular Hbond substituents is 1. The number of benzene rings is 2. The molecule has 0 aromatic heterocycles. The molecule has 0 spiro atoms. The second kappa shape index (κ2) is 11.3. The summed E-state index contributed by atoms with van der Waals surface area (Å²) < 4.78 is 1.83. The summed E-state index contributed by atoms with van der Waals surface area (Å²) in [6.45, 7) is 0.510. The first-order valence-electron chi connectivity index (χ1n) is 9.63. The third-order valence-electron chi connectivity index (χ3n) is 4.56. The third kappa shape index (κ3) is 6.65. The topological polar surface area (TPSA) is 69.6 Å². The van der Waals surface area contributed by atoms with E-state index in [1.165, 1.54) is 11.8 Å². The molecule has 3 rings (SSSR count). The molecule has 2 N–H and O–H groups in total. The molecule has 2 amide bonds. The van der Waals surface area contributed by atoms with E-state index in [2.05, 4.69) is 37.2 Å². The van der Waals surface area contributed by atoms with E-state index in [1.54, 1.807) is 23.1 Å². The third-order valence-corrected chi connectivity index (χ3v) is 7.00. The summed E-state index contributed by atoms with van der Waals surface area (Å²) in [5.41, 5.74) is 1.33. The van der Waals surface area contributed by atoms with Crippen molar-refractivity contribution in [3.8, 4) is 5.75 Å². The van der Waals surface area contributed by atoms with Gasteiger partial charge in [0, 0.05) is 28.7 Å². The van der Waals surface area contributed by atoms with Crippen LogP contribution in [0.15, 0.2) is 56.3 Å². The molecule has 9 heteroatoms. The Bertz CT molecular complexity index is 1030. The monoisotopic (exact) mass is 582 g/mol. The number of nitrogens with one attached hydrogen (secondary N) is 1. The summed E-state index contributed by atoms with van der Waals surface area (Å²) in [4.78, 5) is 26.8. The van der Waals surface area contributed by atoms with E-state index in [0.717, 1.165) is 29.4 Å². The SMILES string of the molecule is O=C(CCCCCN1C(=O)/C(=C/c2cc(Br)cc(Br)c2O)SC1=S)Nc1ccccc1. The number of phenols is 1. The first kappa shape index (κ1) is 24.0. The quantitative estimate of drug-likeness (QED) is 0.216. The van der Waals surface area contributed by atoms with Crippen LogP contribution in [0.4, 0.5) is 5.69 Å². The van der Waals surface area contributed by atoms with Gasteiger partial charge in [-0.15, -0.1) is 0 Å². The highest BCUT2D eigenvalue weighted by Crippen LogP contribution is 2.37. The number of para-hydroxylation sites is 1. The zero-order chi connectivity index (χ0) is 22.4. The number of thiocarbonyl (C=S) groups is 1. The summed E-state index contributed by atoms with van der Waals surface area (Å²) >= 11 is 13.3. The molecule has 1 heterocycles. The lowest BCUT2D eigenvalue weighted by atomic mass is 10.1. The van der Waals surface area contributed by atoms with E-state index in [4.69, 9.17) is 12.2 Å². The van der Waals surface area contributed by atoms with Gasteiger partial charge in [-0.05, 0) is 59.1 Å². The Morgan fingerprint density at radius 1 is 1.16 bits per heavy atom. The van der Waals surface area contributed by atoms with Crippen LogP contribution in [0.5, 0.6) is 5.75 Å². The number of thioether (sulfide) groups is 1. The minimum Gasteiger partial charge on any atom is -0.506 e. The summed E-state index contributed by atoms with van der Waals surface area (Å²) in [7, 11) is 0. The molecule has 0 unspecified atom stereocenters. The van der Waals surface area contributed by atoms with Crippen molar-refractivity contribution in [2.45, 2.75) is 25.7 Å². The predicted molar refractivity (Wildman–Crippen MR) is 137 cm³/mol. The van der Waals surface area contributed by atoms with Crippen LogP contribution in [0, 0.1) is 0 Å². The van der Waals surface area contributed by atoms with Crippen LogP contribution >= 0.6 is 55.8 Å². The molecule has 1 aliphatic rings. The molecule has 0 bridgehead atoms. The van der Waals surface area contributed by atoms with Crippen molar-refractivity contribution in [3.05, 3.63) is 61.9 Å². The molecule has 1 fully saturated rings. The Hall–Kier alpha value is -1.68. The summed E-state index contributed by atoms with van der Waals surface area (Å²) in [5.74, 6) is -0.102. The summed E-state index contributed by atoms with van der Waals surface area (Å²) in [6.07, 6.45) is 4.40. The van der Waals surface area contributed by atoms with Gasteiger partial charge in [0.15, 0.2) is 0 Å². The number of anilines is 1. The summed E-state index contributed by atoms with van der Waals surface area (Å²) in [5, 5.41) is 13.1. The van der Waals surface area contributed by atoms with Crippen molar-refractivity contribution in [2.24, 2.45) is 0 Å². The van der Waals surface area contributed by atoms with E-state index in [-0.39, 0.29) is 17.6 Å². The minimum absolute atomic E-state index is 0.0141. The number of rotatable bonds is 8. The van der Waals surface area contributed by atoms with Crippen LogP contribution < -0.4 is 5.32 Å². The van der Waals surface area contributed by atoms with E-state index in [1.807, 2.05) is 30.3 Å². The number of unbranched alkanes of at least 4 members (excludes halogenated alkanes) is 2. The molecule has 0 atom stereocenters. The average molecular weight is 584 g/mol. The molecule has 0 aliphatic carbocycles. The number of amides is 2. The Labute approximate surface area is 207 Å². The minimum atomic E-state index is -0.160. The molecular weight excluding hydrogens is 564 g/mol. The number of carbonyl (C=O) groups excluding carboxylic acids is 2. The van der Waals surface area contributed by atoms with Gasteiger partial charge in [-0.25, -0.2) is 0 Å². The van der Waals surface area contributed by atoms with E-state index in [0.29, 0.717) is 32.2 Å². The molecule has 2 aromatic carbocycles. The predicted octanol–water partition coefficient (Wildman–Crippen LogP) is 6.32. The molecule has 5 nitrogen and oxygen atoms in total. The average Bonchev–Trinajstić information content (AvgIpc) is 2.99. The molecule has 2 aromatic rings. The molecule has 0 saturated carbocycles. The lowest BCUT2D eigenvalue weighted by Crippen LogP contribution is -2.29. The normalized spacial score (nSPS) is 15.0. The van der Waals surface area contributed by atoms with Gasteiger partial charge in [0.25, 0.3) is 5.91 Å². The fourth-order valence-corrected chi connectivity index (χ4v) is 5.56. The van der Waals surface area contributed by atoms with Crippen molar-refractivity contribution in [1.29, 1.82) is 0 Å². The van der Waals surface area contributed by atoms with Gasteiger partial charge < -0.3 is 10.4 Å². The zero-order valence-corrected chi connectivity index (χ0v) is 21.2. The second-order valence-electron chi connectivity index (χ2n) is 6.88. The number of nitrogens with zero attached hydrogens (tertiary/aromatic N) is 1. The van der Waals surface area contributed by atoms with Gasteiger partial charge in [-0.1, -0.05) is 64.5 Å². The number of halogens is 2. The molecular formula is C22H20Br2N2O3S2. The van der Waals surface area contributed by atoms with E-state index >= 15 is 0 Å². The van der Waals surface area contributed by atoms with Crippen LogP contribution in [0.1, 0.15) is 31.2 Å². The zero-order valence-electron chi connectivity index (χ0n) is 16.4. The maximum absolute atomic E-state index is 12.8. The fourth-order valence-electron chi connectivity index (χ4n) is 3.01. The molecule has 162 valence electrons. The van der Waals surface area contributed by atoms with Gasteiger partial charge in [0.1, 0.15) is 10.1 Å². The first-order chi connectivity index (χ1) is 14.8. The van der Waals surface area contributed by atoms with Gasteiger partial charge in [-0.3, -0.25) is 14.5 Å². The van der Waals surface area contributed by atoms with Crippen molar-refractivity contribution in [1.82, 2.24) is 4.90 Å². The number of hydrogen-bond acceptors (Lipinski definition) is 5. The standard InChI is InChI=1S/C22H20Br2N2O3S2/c23-15-11-14(20(28)17(24)13-15)12-18-21(29)26(22(30)31-18)10-6-2-5-9-19(27)25-16-7-3-1-4-8-16/h1,3-4,7-8,11-13,28H,2,5-6,9-10H2,(H,25,27)/b18-12-. The fraction of sp³-hybridized carbons (Fsp3) is 0.227. The van der Waals surface area contributed by atoms with E-state index in [9.17, 15) is 14.7 Å². The Kier molecular flexibility index (Phi) is 8.71. The maximum atomic E-state index is 12.8. The maximum Gasteiger partial charge on any atom is 0.266 e. The van der Waals surface area contributed by atoms with Crippen LogP contribution in [-0.4, -0.2) is 32.7 Å². The number of hydrogen-bond donors (Lipinski definition) is 2. The summed E-state index contributed by atoms with van der Waals surface area (Å²) in [6, 6.07) is 12.8. The van der Waals surface area contributed by atoms with Crippen molar-refractivity contribution in [3.63, 3.8) is 0 Å². The van der Waals surface area contributed by atoms with Crippen LogP contribution in [0.3, 0.4) is 0 Å². The highest BCUT2D eigenvalue weighted by atomic mass is 79.9. The highest BCUT2D eigenvalue weighted by Gasteiger charge is 2.31. The van der Waals surface area contributed by atoms with Crippen LogP contribution in [0.25, 0.3) is 6.08 Å². The van der Waals surface area contributed by atoms with Crippen LogP contribution in [-0.2, 0) is 9.59 Å². The smallest absolute Gasteiger partial charge is 0.266 e. The Balaban J connectivity index is 1.48. The van der Waals surface area contributed by atoms with Gasteiger partial charge in [0.2, 0.25) is 5.91 Å². The lowest BCUT2D eigenvalue weighted by Gasteiger charge is -2.14. The van der Waals surface area contributed by atoms with Crippen molar-refractivity contribution >= 4 is 83.7 Å². The first-order valence-corrected chi connectivity index (χ1v) is 12.4. The highest BCUT2D eigenvalue weighted by molar-refractivity contribution is 9.11. The largest absolute Gasteiger partial charge is 0.506 e. The van der Waals surface area contributed by atoms with Gasteiger partial charge in [-0.2, -0.15) is 0 Å².